The summed E-state index contributed by atoms with van der Waals surface area (Å²) in [6.45, 7) is 13.2. The molecule has 3 heteroatoms. The van der Waals surface area contributed by atoms with Gasteiger partial charge in [-0.15, -0.1) is 0 Å². The van der Waals surface area contributed by atoms with Gasteiger partial charge in [0.2, 0.25) is 0 Å². The van der Waals surface area contributed by atoms with Gasteiger partial charge in [0.05, 0.1) is 12.0 Å². The highest BCUT2D eigenvalue weighted by molar-refractivity contribution is 6.09. The summed E-state index contributed by atoms with van der Waals surface area (Å²) in [7, 11) is 0. The van der Waals surface area contributed by atoms with Crippen molar-refractivity contribution in [3.8, 4) is 11.3 Å². The predicted octanol–water partition coefficient (Wildman–Crippen LogP) is 6.64. The standard InChI is InChI=1S/C24H26N2O/c1-23(2,3)16-9-11-25-19(14-16)18-13-15-10-12-27-22(15)21-17(18)7-8-20(26-21)24(4,5)6/h7-14H,1-6H3. The molecule has 0 spiro atoms. The van der Waals surface area contributed by atoms with Gasteiger partial charge in [0, 0.05) is 33.6 Å². The molecule has 0 bridgehead atoms. The van der Waals surface area contributed by atoms with Crippen LogP contribution in [0.2, 0.25) is 0 Å². The third-order valence-corrected chi connectivity index (χ3v) is 5.07. The zero-order valence-corrected chi connectivity index (χ0v) is 16.9. The topological polar surface area (TPSA) is 38.9 Å². The van der Waals surface area contributed by atoms with Gasteiger partial charge in [-0.1, -0.05) is 47.6 Å². The molecule has 0 aliphatic rings. The predicted molar refractivity (Wildman–Crippen MR) is 112 cm³/mol. The first-order chi connectivity index (χ1) is 12.6. The maximum atomic E-state index is 5.78. The van der Waals surface area contributed by atoms with Gasteiger partial charge < -0.3 is 4.42 Å². The highest BCUT2D eigenvalue weighted by Gasteiger charge is 2.20. The third-order valence-electron chi connectivity index (χ3n) is 5.07. The van der Waals surface area contributed by atoms with E-state index in [1.54, 1.807) is 6.26 Å². The summed E-state index contributed by atoms with van der Waals surface area (Å²) in [4.78, 5) is 9.66. The van der Waals surface area contributed by atoms with Crippen LogP contribution in [0.3, 0.4) is 0 Å². The second kappa shape index (κ2) is 5.91. The third kappa shape index (κ3) is 3.12. The van der Waals surface area contributed by atoms with Crippen LogP contribution in [0.5, 0.6) is 0 Å². The van der Waals surface area contributed by atoms with Gasteiger partial charge >= 0.3 is 0 Å². The van der Waals surface area contributed by atoms with Gasteiger partial charge in [-0.05, 0) is 41.3 Å². The SMILES string of the molecule is CC(C)(C)c1ccnc(-c2cc3ccoc3c3nc(C(C)(C)C)ccc23)c1. The Bertz CT molecular complexity index is 1140. The van der Waals surface area contributed by atoms with Crippen molar-refractivity contribution in [2.75, 3.05) is 0 Å². The molecule has 0 radical (unpaired) electrons. The van der Waals surface area contributed by atoms with Crippen LogP contribution in [-0.2, 0) is 10.8 Å². The molecule has 3 aromatic heterocycles. The van der Waals surface area contributed by atoms with Crippen LogP contribution in [0, 0.1) is 0 Å². The molecule has 4 rings (SSSR count). The lowest BCUT2D eigenvalue weighted by Crippen LogP contribution is -2.13. The van der Waals surface area contributed by atoms with E-state index in [-0.39, 0.29) is 10.8 Å². The minimum absolute atomic E-state index is 0.0203. The number of furan rings is 1. The molecule has 3 nitrogen and oxygen atoms in total. The zero-order chi connectivity index (χ0) is 19.4. The number of hydrogen-bond acceptors (Lipinski definition) is 3. The normalized spacial score (nSPS) is 12.8. The highest BCUT2D eigenvalue weighted by Crippen LogP contribution is 2.36. The van der Waals surface area contributed by atoms with Crippen LogP contribution in [0.25, 0.3) is 33.1 Å². The molecule has 0 saturated carbocycles. The molecule has 0 atom stereocenters. The van der Waals surface area contributed by atoms with Crippen molar-refractivity contribution in [3.05, 3.63) is 60.1 Å². The number of hydrogen-bond donors (Lipinski definition) is 0. The lowest BCUT2D eigenvalue weighted by atomic mass is 9.86. The number of benzene rings is 1. The van der Waals surface area contributed by atoms with Crippen molar-refractivity contribution in [2.24, 2.45) is 0 Å². The van der Waals surface area contributed by atoms with E-state index in [1.807, 2.05) is 12.3 Å². The molecule has 0 amide bonds. The van der Waals surface area contributed by atoms with Gasteiger partial charge in [0.1, 0.15) is 5.52 Å². The van der Waals surface area contributed by atoms with E-state index in [1.165, 1.54) is 5.56 Å². The fraction of sp³-hybridized carbons (Fsp3) is 0.333. The second-order valence-electron chi connectivity index (χ2n) is 9.29. The largest absolute Gasteiger partial charge is 0.462 e. The molecule has 0 aliphatic carbocycles. The molecule has 0 saturated heterocycles. The van der Waals surface area contributed by atoms with E-state index in [0.29, 0.717) is 0 Å². The first kappa shape index (κ1) is 17.7. The van der Waals surface area contributed by atoms with Crippen molar-refractivity contribution < 1.29 is 4.42 Å². The van der Waals surface area contributed by atoms with Crippen molar-refractivity contribution in [1.82, 2.24) is 9.97 Å². The fourth-order valence-corrected chi connectivity index (χ4v) is 3.38. The molecule has 0 unspecified atom stereocenters. The van der Waals surface area contributed by atoms with Crippen LogP contribution in [0.15, 0.2) is 53.3 Å². The Balaban J connectivity index is 2.03. The molecule has 4 aromatic rings. The highest BCUT2D eigenvalue weighted by atomic mass is 16.3. The molecule has 0 N–H and O–H groups in total. The molecule has 3 heterocycles. The zero-order valence-electron chi connectivity index (χ0n) is 16.9. The average molecular weight is 358 g/mol. The summed E-state index contributed by atoms with van der Waals surface area (Å²) in [6, 6.07) is 12.7. The van der Waals surface area contributed by atoms with Crippen molar-refractivity contribution in [1.29, 1.82) is 0 Å². The summed E-state index contributed by atoms with van der Waals surface area (Å²) in [5.41, 5.74) is 6.19. The van der Waals surface area contributed by atoms with Crippen LogP contribution in [-0.4, -0.2) is 9.97 Å². The Labute approximate surface area is 160 Å². The Morgan fingerprint density at radius 2 is 1.63 bits per heavy atom. The number of fused-ring (bicyclic) bond motifs is 3. The lowest BCUT2D eigenvalue weighted by molar-refractivity contribution is 0.570. The van der Waals surface area contributed by atoms with Gasteiger partial charge in [-0.3, -0.25) is 4.98 Å². The quantitative estimate of drug-likeness (QED) is 0.383. The van der Waals surface area contributed by atoms with Crippen molar-refractivity contribution >= 4 is 21.9 Å². The Kier molecular flexibility index (Phi) is 3.88. The van der Waals surface area contributed by atoms with Crippen molar-refractivity contribution in [3.63, 3.8) is 0 Å². The van der Waals surface area contributed by atoms with Crippen LogP contribution in [0.1, 0.15) is 52.8 Å². The van der Waals surface area contributed by atoms with E-state index < -0.39 is 0 Å². The summed E-state index contributed by atoms with van der Waals surface area (Å²) >= 11 is 0. The second-order valence-corrected chi connectivity index (χ2v) is 9.29. The smallest absolute Gasteiger partial charge is 0.160 e. The monoisotopic (exact) mass is 358 g/mol. The number of aromatic nitrogens is 2. The minimum atomic E-state index is -0.0203. The molecule has 1 aromatic carbocycles. The Morgan fingerprint density at radius 1 is 0.852 bits per heavy atom. The maximum Gasteiger partial charge on any atom is 0.160 e. The maximum absolute atomic E-state index is 5.78. The van der Waals surface area contributed by atoms with Gasteiger partial charge in [-0.25, -0.2) is 4.98 Å². The molecular formula is C24H26N2O. The molecule has 138 valence electrons. The first-order valence-corrected chi connectivity index (χ1v) is 9.43. The molecule has 0 aliphatic heterocycles. The van der Waals surface area contributed by atoms with Gasteiger partial charge in [-0.2, -0.15) is 0 Å². The van der Waals surface area contributed by atoms with E-state index in [2.05, 4.69) is 76.9 Å². The van der Waals surface area contributed by atoms with E-state index in [4.69, 9.17) is 9.40 Å². The van der Waals surface area contributed by atoms with Gasteiger partial charge in [0.15, 0.2) is 5.58 Å². The minimum Gasteiger partial charge on any atom is -0.462 e. The Morgan fingerprint density at radius 3 is 2.33 bits per heavy atom. The van der Waals surface area contributed by atoms with E-state index in [0.717, 1.165) is 38.8 Å². The average Bonchev–Trinajstić information content (AvgIpc) is 3.08. The Hall–Kier alpha value is -2.68. The summed E-state index contributed by atoms with van der Waals surface area (Å²) < 4.78 is 5.78. The molecular weight excluding hydrogens is 332 g/mol. The number of nitrogens with zero attached hydrogens (tertiary/aromatic N) is 2. The molecule has 0 fully saturated rings. The lowest BCUT2D eigenvalue weighted by Gasteiger charge is -2.20. The van der Waals surface area contributed by atoms with E-state index >= 15 is 0 Å². The summed E-state index contributed by atoms with van der Waals surface area (Å²) in [5, 5.41) is 2.13. The first-order valence-electron chi connectivity index (χ1n) is 9.43. The fourth-order valence-electron chi connectivity index (χ4n) is 3.38. The van der Waals surface area contributed by atoms with Crippen LogP contribution in [0.4, 0.5) is 0 Å². The number of pyridine rings is 2. The van der Waals surface area contributed by atoms with Crippen LogP contribution < -0.4 is 0 Å². The van der Waals surface area contributed by atoms with Crippen molar-refractivity contribution in [2.45, 2.75) is 52.4 Å². The summed E-state index contributed by atoms with van der Waals surface area (Å²) in [5.74, 6) is 0. The van der Waals surface area contributed by atoms with Crippen LogP contribution >= 0.6 is 0 Å². The van der Waals surface area contributed by atoms with Gasteiger partial charge in [0.25, 0.3) is 0 Å². The molecule has 27 heavy (non-hydrogen) atoms. The summed E-state index contributed by atoms with van der Waals surface area (Å²) in [6.07, 6.45) is 3.64. The number of rotatable bonds is 1. The van der Waals surface area contributed by atoms with E-state index in [9.17, 15) is 0 Å².